The molecule has 1 rings (SSSR count). The first-order valence-electron chi connectivity index (χ1n) is 7.41. The minimum Gasteiger partial charge on any atom is -0.466 e. The van der Waals surface area contributed by atoms with Crippen LogP contribution in [0.4, 0.5) is 0 Å². The van der Waals surface area contributed by atoms with Crippen molar-refractivity contribution in [2.24, 2.45) is 23.2 Å². The van der Waals surface area contributed by atoms with E-state index in [0.717, 1.165) is 19.3 Å². The molecule has 0 amide bonds. The Hall–Kier alpha value is -0.860. The molecule has 0 aromatic rings. The summed E-state index contributed by atoms with van der Waals surface area (Å²) in [5.41, 5.74) is -0.0528. The van der Waals surface area contributed by atoms with Crippen LogP contribution in [0.15, 0.2) is 0 Å². The number of ether oxygens (including phenoxy) is 1. The molecule has 0 N–H and O–H groups in total. The quantitative estimate of drug-likeness (QED) is 0.523. The van der Waals surface area contributed by atoms with Crippen molar-refractivity contribution in [2.75, 3.05) is 6.61 Å². The molecular formula is C16H28O3. The Morgan fingerprint density at radius 3 is 2.42 bits per heavy atom. The third kappa shape index (κ3) is 4.32. The van der Waals surface area contributed by atoms with Gasteiger partial charge in [0.1, 0.15) is 5.78 Å². The highest BCUT2D eigenvalue weighted by Crippen LogP contribution is 2.53. The van der Waals surface area contributed by atoms with E-state index >= 15 is 0 Å². The van der Waals surface area contributed by atoms with Crippen molar-refractivity contribution in [3.63, 3.8) is 0 Å². The maximum absolute atomic E-state index is 11.7. The van der Waals surface area contributed by atoms with Gasteiger partial charge in [0.15, 0.2) is 0 Å². The summed E-state index contributed by atoms with van der Waals surface area (Å²) >= 11 is 0. The number of hydrogen-bond acceptors (Lipinski definition) is 3. The van der Waals surface area contributed by atoms with E-state index in [-0.39, 0.29) is 23.1 Å². The Balaban J connectivity index is 2.25. The summed E-state index contributed by atoms with van der Waals surface area (Å²) in [7, 11) is 0. The molecule has 110 valence electrons. The molecule has 1 fully saturated rings. The van der Waals surface area contributed by atoms with Crippen molar-refractivity contribution >= 4 is 11.8 Å². The van der Waals surface area contributed by atoms with Crippen molar-refractivity contribution in [2.45, 2.75) is 60.3 Å². The normalized spacial score (nSPS) is 24.9. The minimum atomic E-state index is -0.108. The number of carbonyl (C=O) groups is 2. The molecule has 1 aliphatic carbocycles. The lowest BCUT2D eigenvalue weighted by molar-refractivity contribution is -0.153. The van der Waals surface area contributed by atoms with Gasteiger partial charge in [-0.15, -0.1) is 0 Å². The lowest BCUT2D eigenvalue weighted by atomic mass is 9.53. The molecule has 2 atom stereocenters. The van der Waals surface area contributed by atoms with E-state index in [9.17, 15) is 9.59 Å². The van der Waals surface area contributed by atoms with E-state index in [4.69, 9.17) is 4.74 Å². The van der Waals surface area contributed by atoms with Crippen LogP contribution in [0, 0.1) is 23.2 Å². The second-order valence-corrected chi connectivity index (χ2v) is 6.88. The number of Topliss-reactive ketones (excluding diaryl/α,β-unsaturated/α-hetero) is 1. The number of hydrogen-bond donors (Lipinski definition) is 0. The van der Waals surface area contributed by atoms with Crippen LogP contribution < -0.4 is 0 Å². The summed E-state index contributed by atoms with van der Waals surface area (Å²) in [6.45, 7) is 10.7. The van der Waals surface area contributed by atoms with E-state index in [2.05, 4.69) is 27.7 Å². The van der Waals surface area contributed by atoms with E-state index < -0.39 is 0 Å². The maximum Gasteiger partial charge on any atom is 0.306 e. The van der Waals surface area contributed by atoms with Crippen LogP contribution in [-0.4, -0.2) is 18.4 Å². The molecule has 2 unspecified atom stereocenters. The fraction of sp³-hybridized carbons (Fsp3) is 0.875. The molecule has 0 radical (unpaired) electrons. The second kappa shape index (κ2) is 6.53. The molecular weight excluding hydrogens is 240 g/mol. The van der Waals surface area contributed by atoms with E-state index in [1.807, 2.05) is 0 Å². The standard InChI is InChI=1S/C16H28O3/c1-11(2)7-6-8-19-15(18)10-13-9-14(12(3)17)16(13,4)5/h11,13-14H,6-10H2,1-5H3. The van der Waals surface area contributed by atoms with Crippen LogP contribution in [-0.2, 0) is 14.3 Å². The first-order chi connectivity index (χ1) is 8.75. The number of rotatable bonds is 7. The zero-order valence-electron chi connectivity index (χ0n) is 13.0. The predicted molar refractivity (Wildman–Crippen MR) is 75.7 cm³/mol. The molecule has 3 nitrogen and oxygen atoms in total. The lowest BCUT2D eigenvalue weighted by Crippen LogP contribution is -2.49. The van der Waals surface area contributed by atoms with Gasteiger partial charge in [-0.1, -0.05) is 27.7 Å². The highest BCUT2D eigenvalue weighted by Gasteiger charge is 2.50. The minimum absolute atomic E-state index is 0.0528. The largest absolute Gasteiger partial charge is 0.466 e. The van der Waals surface area contributed by atoms with Crippen molar-refractivity contribution in [1.29, 1.82) is 0 Å². The SMILES string of the molecule is CC(=O)C1CC(CC(=O)OCCCC(C)C)C1(C)C. The second-order valence-electron chi connectivity index (χ2n) is 6.88. The molecule has 19 heavy (non-hydrogen) atoms. The van der Waals surface area contributed by atoms with Gasteiger partial charge in [0.25, 0.3) is 0 Å². The first-order valence-corrected chi connectivity index (χ1v) is 7.41. The highest BCUT2D eigenvalue weighted by atomic mass is 16.5. The molecule has 0 heterocycles. The van der Waals surface area contributed by atoms with Crippen molar-refractivity contribution in [3.05, 3.63) is 0 Å². The highest BCUT2D eigenvalue weighted by molar-refractivity contribution is 5.81. The van der Waals surface area contributed by atoms with Gasteiger partial charge in [0.2, 0.25) is 0 Å². The van der Waals surface area contributed by atoms with Crippen LogP contribution in [0.3, 0.4) is 0 Å². The monoisotopic (exact) mass is 268 g/mol. The summed E-state index contributed by atoms with van der Waals surface area (Å²) in [5.74, 6) is 1.20. The summed E-state index contributed by atoms with van der Waals surface area (Å²) in [6.07, 6.45) is 3.32. The van der Waals surface area contributed by atoms with Gasteiger partial charge in [0, 0.05) is 12.3 Å². The Bertz CT molecular complexity index is 331. The maximum atomic E-state index is 11.7. The zero-order chi connectivity index (χ0) is 14.6. The first kappa shape index (κ1) is 16.2. The molecule has 0 spiro atoms. The van der Waals surface area contributed by atoms with Crippen LogP contribution in [0.1, 0.15) is 60.3 Å². The average molecular weight is 268 g/mol. The topological polar surface area (TPSA) is 43.4 Å². The third-order valence-corrected chi connectivity index (χ3v) is 4.56. The van der Waals surface area contributed by atoms with Crippen LogP contribution in [0.5, 0.6) is 0 Å². The van der Waals surface area contributed by atoms with Crippen molar-refractivity contribution in [1.82, 2.24) is 0 Å². The average Bonchev–Trinajstić information content (AvgIpc) is 2.28. The fourth-order valence-corrected chi connectivity index (χ4v) is 2.99. The number of carbonyl (C=O) groups excluding carboxylic acids is 2. The zero-order valence-corrected chi connectivity index (χ0v) is 13.0. The summed E-state index contributed by atoms with van der Waals surface area (Å²) < 4.78 is 5.26. The van der Waals surface area contributed by atoms with Gasteiger partial charge < -0.3 is 4.74 Å². The van der Waals surface area contributed by atoms with Crippen LogP contribution in [0.25, 0.3) is 0 Å². The van der Waals surface area contributed by atoms with Gasteiger partial charge in [0.05, 0.1) is 6.61 Å². The fourth-order valence-electron chi connectivity index (χ4n) is 2.99. The summed E-state index contributed by atoms with van der Waals surface area (Å²) in [5, 5.41) is 0. The van der Waals surface area contributed by atoms with Crippen LogP contribution in [0.2, 0.25) is 0 Å². The van der Waals surface area contributed by atoms with Gasteiger partial charge in [-0.25, -0.2) is 0 Å². The van der Waals surface area contributed by atoms with E-state index in [1.54, 1.807) is 6.92 Å². The molecule has 1 aliphatic rings. The van der Waals surface area contributed by atoms with Crippen molar-refractivity contribution in [3.8, 4) is 0 Å². The Morgan fingerprint density at radius 1 is 1.32 bits per heavy atom. The van der Waals surface area contributed by atoms with E-state index in [1.165, 1.54) is 0 Å². The van der Waals surface area contributed by atoms with Crippen molar-refractivity contribution < 1.29 is 14.3 Å². The Kier molecular flexibility index (Phi) is 5.57. The van der Waals surface area contributed by atoms with Gasteiger partial charge >= 0.3 is 5.97 Å². The molecule has 0 aliphatic heterocycles. The molecule has 3 heteroatoms. The van der Waals surface area contributed by atoms with E-state index in [0.29, 0.717) is 24.9 Å². The molecule has 0 bridgehead atoms. The molecule has 1 saturated carbocycles. The molecule has 0 aromatic carbocycles. The summed E-state index contributed by atoms with van der Waals surface area (Å²) in [6, 6.07) is 0. The summed E-state index contributed by atoms with van der Waals surface area (Å²) in [4.78, 5) is 23.2. The Labute approximate surface area is 117 Å². The molecule has 0 saturated heterocycles. The van der Waals surface area contributed by atoms with Gasteiger partial charge in [-0.05, 0) is 43.4 Å². The smallest absolute Gasteiger partial charge is 0.306 e. The van der Waals surface area contributed by atoms with Crippen LogP contribution >= 0.6 is 0 Å². The molecule has 0 aromatic heterocycles. The number of esters is 1. The van der Waals surface area contributed by atoms with Gasteiger partial charge in [-0.3, -0.25) is 9.59 Å². The Morgan fingerprint density at radius 2 is 1.95 bits per heavy atom. The third-order valence-electron chi connectivity index (χ3n) is 4.56. The predicted octanol–water partition coefficient (Wildman–Crippen LogP) is 3.61. The number of ketones is 1. The lowest BCUT2D eigenvalue weighted by Gasteiger charge is -2.50. The van der Waals surface area contributed by atoms with Gasteiger partial charge in [-0.2, -0.15) is 0 Å².